The molecule has 0 radical (unpaired) electrons. The molecule has 1 saturated heterocycles. The molecule has 5 heteroatoms. The first-order valence-corrected chi connectivity index (χ1v) is 7.27. The van der Waals surface area contributed by atoms with Gasteiger partial charge in [0.1, 0.15) is 0 Å². The second kappa shape index (κ2) is 7.36. The molecule has 20 heavy (non-hydrogen) atoms. The Morgan fingerprint density at radius 3 is 2.95 bits per heavy atom. The third-order valence-electron chi connectivity index (χ3n) is 4.05. The van der Waals surface area contributed by atoms with Crippen LogP contribution >= 0.6 is 0 Å². The first-order chi connectivity index (χ1) is 9.70. The van der Waals surface area contributed by atoms with Crippen molar-refractivity contribution >= 4 is 5.91 Å². The molecule has 110 valence electrons. The third kappa shape index (κ3) is 4.02. The van der Waals surface area contributed by atoms with Crippen molar-refractivity contribution in [3.05, 3.63) is 30.1 Å². The zero-order valence-electron chi connectivity index (χ0n) is 12.2. The number of amides is 1. The summed E-state index contributed by atoms with van der Waals surface area (Å²) in [5.74, 6) is 0.0669. The molecule has 1 aliphatic rings. The number of hydrogen-bond donors (Lipinski definition) is 1. The highest BCUT2D eigenvalue weighted by atomic mass is 16.2. The Labute approximate surface area is 120 Å². The minimum absolute atomic E-state index is 0.0669. The van der Waals surface area contributed by atoms with E-state index in [0.717, 1.165) is 38.9 Å². The smallest absolute Gasteiger partial charge is 0.236 e. The van der Waals surface area contributed by atoms with Crippen LogP contribution in [-0.4, -0.2) is 60.0 Å². The predicted octanol–water partition coefficient (Wildman–Crippen LogP) is 0.506. The Hall–Kier alpha value is -1.46. The van der Waals surface area contributed by atoms with Gasteiger partial charge in [-0.1, -0.05) is 0 Å². The number of piperidine rings is 1. The van der Waals surface area contributed by atoms with Gasteiger partial charge in [-0.05, 0) is 44.0 Å². The summed E-state index contributed by atoms with van der Waals surface area (Å²) in [7, 11) is 2.14. The van der Waals surface area contributed by atoms with Gasteiger partial charge in [-0.2, -0.15) is 0 Å². The van der Waals surface area contributed by atoms with Crippen LogP contribution in [0, 0.1) is 0 Å². The van der Waals surface area contributed by atoms with Crippen molar-refractivity contribution < 1.29 is 4.79 Å². The number of likely N-dealkylation sites (tertiary alicyclic amines) is 1. The topological polar surface area (TPSA) is 62.5 Å². The van der Waals surface area contributed by atoms with Gasteiger partial charge in [0.15, 0.2) is 0 Å². The molecule has 0 bridgehead atoms. The number of likely N-dealkylation sites (N-methyl/N-ethyl adjacent to an activating group) is 1. The van der Waals surface area contributed by atoms with E-state index >= 15 is 0 Å². The average Bonchev–Trinajstić information content (AvgIpc) is 2.53. The molecule has 2 N–H and O–H groups in total. The van der Waals surface area contributed by atoms with Crippen molar-refractivity contribution in [2.75, 3.05) is 33.2 Å². The first-order valence-electron chi connectivity index (χ1n) is 7.27. The van der Waals surface area contributed by atoms with Crippen molar-refractivity contribution in [3.63, 3.8) is 0 Å². The summed E-state index contributed by atoms with van der Waals surface area (Å²) in [6.45, 7) is 2.78. The number of hydrogen-bond acceptors (Lipinski definition) is 4. The van der Waals surface area contributed by atoms with Crippen LogP contribution in [-0.2, 0) is 11.2 Å². The Bertz CT molecular complexity index is 423. The fourth-order valence-corrected chi connectivity index (χ4v) is 2.71. The molecule has 0 spiro atoms. The fraction of sp³-hybridized carbons (Fsp3) is 0.600. The number of nitrogens with two attached hydrogens (primary N) is 1. The lowest BCUT2D eigenvalue weighted by Gasteiger charge is -2.37. The second-order valence-corrected chi connectivity index (χ2v) is 5.43. The molecule has 1 unspecified atom stereocenters. The lowest BCUT2D eigenvalue weighted by atomic mass is 10.0. The molecule has 5 nitrogen and oxygen atoms in total. The SMILES string of the molecule is CN(CCc1ccncc1)C1CCCN(C(=O)CN)C1. The molecular formula is C15H24N4O. The van der Waals surface area contributed by atoms with Gasteiger partial charge < -0.3 is 15.5 Å². The molecule has 0 aliphatic carbocycles. The molecule has 1 aliphatic heterocycles. The summed E-state index contributed by atoms with van der Waals surface area (Å²) in [4.78, 5) is 20.0. The molecule has 1 aromatic heterocycles. The maximum atomic E-state index is 11.7. The summed E-state index contributed by atoms with van der Waals surface area (Å²) in [6, 6.07) is 4.55. The van der Waals surface area contributed by atoms with Crippen molar-refractivity contribution in [2.45, 2.75) is 25.3 Å². The highest BCUT2D eigenvalue weighted by Gasteiger charge is 2.25. The summed E-state index contributed by atoms with van der Waals surface area (Å²) < 4.78 is 0. The Morgan fingerprint density at radius 2 is 2.25 bits per heavy atom. The van der Waals surface area contributed by atoms with Gasteiger partial charge in [-0.15, -0.1) is 0 Å². The minimum atomic E-state index is 0.0669. The second-order valence-electron chi connectivity index (χ2n) is 5.43. The highest BCUT2D eigenvalue weighted by molar-refractivity contribution is 5.78. The lowest BCUT2D eigenvalue weighted by molar-refractivity contribution is -0.131. The largest absolute Gasteiger partial charge is 0.340 e. The van der Waals surface area contributed by atoms with E-state index in [-0.39, 0.29) is 12.5 Å². The van der Waals surface area contributed by atoms with Crippen LogP contribution in [0.15, 0.2) is 24.5 Å². The molecule has 1 atom stereocenters. The maximum Gasteiger partial charge on any atom is 0.236 e. The van der Waals surface area contributed by atoms with Gasteiger partial charge in [-0.3, -0.25) is 9.78 Å². The van der Waals surface area contributed by atoms with Gasteiger partial charge in [-0.25, -0.2) is 0 Å². The van der Waals surface area contributed by atoms with E-state index in [1.54, 1.807) is 0 Å². The molecule has 1 aromatic rings. The predicted molar refractivity (Wildman–Crippen MR) is 79.2 cm³/mol. The normalized spacial score (nSPS) is 19.4. The molecule has 0 aromatic carbocycles. The summed E-state index contributed by atoms with van der Waals surface area (Å²) in [5, 5.41) is 0. The van der Waals surface area contributed by atoms with E-state index in [2.05, 4.69) is 29.1 Å². The Morgan fingerprint density at radius 1 is 1.50 bits per heavy atom. The molecule has 2 rings (SSSR count). The number of carbonyl (C=O) groups is 1. The van der Waals surface area contributed by atoms with E-state index in [0.29, 0.717) is 6.04 Å². The van der Waals surface area contributed by atoms with Crippen LogP contribution in [0.25, 0.3) is 0 Å². The number of nitrogens with zero attached hydrogens (tertiary/aromatic N) is 3. The zero-order chi connectivity index (χ0) is 14.4. The standard InChI is InChI=1S/C15H24N4O/c1-18(10-6-13-4-7-17-8-5-13)14-3-2-9-19(12-14)15(20)11-16/h4-5,7-8,14H,2-3,6,9-12,16H2,1H3. The number of pyridine rings is 1. The summed E-state index contributed by atoms with van der Waals surface area (Å²) in [5.41, 5.74) is 6.75. The van der Waals surface area contributed by atoms with Gasteiger partial charge in [0.25, 0.3) is 0 Å². The van der Waals surface area contributed by atoms with Gasteiger partial charge >= 0.3 is 0 Å². The average molecular weight is 276 g/mol. The Kier molecular flexibility index (Phi) is 5.49. The number of aromatic nitrogens is 1. The molecular weight excluding hydrogens is 252 g/mol. The van der Waals surface area contributed by atoms with Crippen LogP contribution in [0.1, 0.15) is 18.4 Å². The van der Waals surface area contributed by atoms with Crippen LogP contribution < -0.4 is 5.73 Å². The van der Waals surface area contributed by atoms with Crippen LogP contribution in [0.3, 0.4) is 0 Å². The van der Waals surface area contributed by atoms with Crippen LogP contribution in [0.5, 0.6) is 0 Å². The lowest BCUT2D eigenvalue weighted by Crippen LogP contribution is -2.50. The fourth-order valence-electron chi connectivity index (χ4n) is 2.71. The van der Waals surface area contributed by atoms with E-state index in [4.69, 9.17) is 5.73 Å². The minimum Gasteiger partial charge on any atom is -0.340 e. The zero-order valence-corrected chi connectivity index (χ0v) is 12.2. The third-order valence-corrected chi connectivity index (χ3v) is 4.05. The summed E-state index contributed by atoms with van der Waals surface area (Å²) >= 11 is 0. The van der Waals surface area contributed by atoms with Crippen molar-refractivity contribution in [3.8, 4) is 0 Å². The maximum absolute atomic E-state index is 11.7. The van der Waals surface area contributed by atoms with Crippen LogP contribution in [0.2, 0.25) is 0 Å². The van der Waals surface area contributed by atoms with E-state index in [1.807, 2.05) is 17.3 Å². The van der Waals surface area contributed by atoms with Gasteiger partial charge in [0, 0.05) is 38.1 Å². The Balaban J connectivity index is 1.82. The molecule has 0 saturated carbocycles. The van der Waals surface area contributed by atoms with E-state index in [1.165, 1.54) is 5.56 Å². The molecule has 2 heterocycles. The van der Waals surface area contributed by atoms with Gasteiger partial charge in [0.05, 0.1) is 6.54 Å². The summed E-state index contributed by atoms with van der Waals surface area (Å²) in [6.07, 6.45) is 6.90. The van der Waals surface area contributed by atoms with Crippen molar-refractivity contribution in [1.82, 2.24) is 14.8 Å². The molecule has 1 fully saturated rings. The van der Waals surface area contributed by atoms with Crippen molar-refractivity contribution in [1.29, 1.82) is 0 Å². The van der Waals surface area contributed by atoms with Crippen molar-refractivity contribution in [2.24, 2.45) is 5.73 Å². The quantitative estimate of drug-likeness (QED) is 0.851. The monoisotopic (exact) mass is 276 g/mol. The molecule has 1 amide bonds. The van der Waals surface area contributed by atoms with Crippen LogP contribution in [0.4, 0.5) is 0 Å². The highest BCUT2D eigenvalue weighted by Crippen LogP contribution is 2.15. The van der Waals surface area contributed by atoms with E-state index in [9.17, 15) is 4.79 Å². The van der Waals surface area contributed by atoms with Gasteiger partial charge in [0.2, 0.25) is 5.91 Å². The van der Waals surface area contributed by atoms with E-state index < -0.39 is 0 Å². The number of rotatable bonds is 5. The first kappa shape index (κ1) is 14.9. The number of carbonyl (C=O) groups excluding carboxylic acids is 1.